The van der Waals surface area contributed by atoms with E-state index in [1.165, 1.54) is 23.5 Å². The van der Waals surface area contributed by atoms with Gasteiger partial charge in [-0.05, 0) is 22.9 Å². The van der Waals surface area contributed by atoms with E-state index in [0.29, 0.717) is 0 Å². The van der Waals surface area contributed by atoms with Crippen molar-refractivity contribution in [3.05, 3.63) is 35.2 Å². The molecule has 0 fully saturated rings. The molecule has 0 radical (unpaired) electrons. The molecular weight excluding hydrogens is 206 g/mol. The molecule has 0 atom stereocenters. The Morgan fingerprint density at radius 2 is 2.07 bits per heavy atom. The van der Waals surface area contributed by atoms with Crippen molar-refractivity contribution in [2.24, 2.45) is 0 Å². The van der Waals surface area contributed by atoms with E-state index < -0.39 is 12.2 Å². The number of hydrogen-bond donors (Lipinski definition) is 0. The minimum absolute atomic E-state index is 0.0787. The minimum Gasteiger partial charge on any atom is -0.288 e. The van der Waals surface area contributed by atoms with Gasteiger partial charge in [0.05, 0.1) is 0 Å². The molecule has 0 amide bonds. The van der Waals surface area contributed by atoms with Crippen LogP contribution in [0.3, 0.4) is 0 Å². The van der Waals surface area contributed by atoms with Crippen molar-refractivity contribution < 1.29 is 13.6 Å². The molecule has 0 unspecified atom stereocenters. The second kappa shape index (κ2) is 3.46. The lowest BCUT2D eigenvalue weighted by atomic mass is 10.1. The number of fused-ring (bicyclic) bond motifs is 1. The van der Waals surface area contributed by atoms with Gasteiger partial charge in [-0.2, -0.15) is 0 Å². The van der Waals surface area contributed by atoms with E-state index in [2.05, 4.69) is 0 Å². The Morgan fingerprint density at radius 1 is 1.29 bits per heavy atom. The van der Waals surface area contributed by atoms with Gasteiger partial charge in [-0.1, -0.05) is 12.1 Å². The number of Topliss-reactive ketones (excluding diaryl/α,β-unsaturated/α-hetero) is 1. The quantitative estimate of drug-likeness (QED) is 0.698. The number of benzene rings is 1. The van der Waals surface area contributed by atoms with Gasteiger partial charge in [-0.3, -0.25) is 4.79 Å². The van der Waals surface area contributed by atoms with E-state index in [1.54, 1.807) is 6.07 Å². The van der Waals surface area contributed by atoms with Crippen LogP contribution in [0, 0.1) is 0 Å². The van der Waals surface area contributed by atoms with Gasteiger partial charge < -0.3 is 0 Å². The average molecular weight is 212 g/mol. The predicted molar refractivity (Wildman–Crippen MR) is 52.2 cm³/mol. The molecule has 72 valence electrons. The van der Waals surface area contributed by atoms with Crippen molar-refractivity contribution in [2.75, 3.05) is 0 Å². The number of carbonyl (C=O) groups excluding carboxylic acids is 1. The number of alkyl halides is 2. The molecule has 0 aliphatic rings. The highest BCUT2D eigenvalue weighted by Gasteiger charge is 2.17. The van der Waals surface area contributed by atoms with E-state index in [4.69, 9.17) is 0 Å². The van der Waals surface area contributed by atoms with E-state index >= 15 is 0 Å². The normalized spacial score (nSPS) is 11.1. The summed E-state index contributed by atoms with van der Waals surface area (Å²) in [7, 11) is 0. The number of rotatable bonds is 2. The number of ketones is 1. The Balaban J connectivity index is 2.48. The van der Waals surface area contributed by atoms with Crippen LogP contribution in [0.25, 0.3) is 10.1 Å². The summed E-state index contributed by atoms with van der Waals surface area (Å²) in [6.07, 6.45) is -2.92. The van der Waals surface area contributed by atoms with Crippen LogP contribution in [0.2, 0.25) is 0 Å². The maximum absolute atomic E-state index is 12.1. The van der Waals surface area contributed by atoms with Crippen LogP contribution >= 0.6 is 11.3 Å². The highest BCUT2D eigenvalue weighted by molar-refractivity contribution is 7.17. The molecule has 1 aromatic heterocycles. The molecule has 0 N–H and O–H groups in total. The van der Waals surface area contributed by atoms with Crippen LogP contribution in [0.1, 0.15) is 10.4 Å². The zero-order valence-electron chi connectivity index (χ0n) is 7.04. The zero-order chi connectivity index (χ0) is 10.1. The summed E-state index contributed by atoms with van der Waals surface area (Å²) in [5.74, 6) is -1.11. The number of thiophene rings is 1. The largest absolute Gasteiger partial charge is 0.300 e. The number of carbonyl (C=O) groups is 1. The van der Waals surface area contributed by atoms with Crippen molar-refractivity contribution in [1.29, 1.82) is 0 Å². The molecule has 2 rings (SSSR count). The maximum Gasteiger partial charge on any atom is 0.300 e. The van der Waals surface area contributed by atoms with Gasteiger partial charge in [-0.25, -0.2) is 8.78 Å². The van der Waals surface area contributed by atoms with Gasteiger partial charge in [0, 0.05) is 10.3 Å². The first-order valence-corrected chi connectivity index (χ1v) is 4.86. The maximum atomic E-state index is 12.1. The van der Waals surface area contributed by atoms with Crippen molar-refractivity contribution in [1.82, 2.24) is 0 Å². The third kappa shape index (κ3) is 1.53. The first-order valence-electron chi connectivity index (χ1n) is 3.98. The summed E-state index contributed by atoms with van der Waals surface area (Å²) < 4.78 is 25.0. The molecular formula is C10H6F2OS. The lowest BCUT2D eigenvalue weighted by Gasteiger charge is -1.98. The monoisotopic (exact) mass is 212 g/mol. The van der Waals surface area contributed by atoms with Crippen LogP contribution in [-0.2, 0) is 0 Å². The van der Waals surface area contributed by atoms with Crippen molar-refractivity contribution in [3.8, 4) is 0 Å². The van der Waals surface area contributed by atoms with E-state index in [9.17, 15) is 13.6 Å². The van der Waals surface area contributed by atoms with E-state index in [1.807, 2.05) is 11.4 Å². The predicted octanol–water partition coefficient (Wildman–Crippen LogP) is 3.35. The summed E-state index contributed by atoms with van der Waals surface area (Å²) in [5.41, 5.74) is 0.0787. The molecule has 2 aromatic rings. The van der Waals surface area contributed by atoms with Gasteiger partial charge in [0.1, 0.15) is 0 Å². The SMILES string of the molecule is O=C(c1ccc2ccsc2c1)C(F)F. The number of halogens is 2. The Morgan fingerprint density at radius 3 is 2.79 bits per heavy atom. The zero-order valence-corrected chi connectivity index (χ0v) is 7.85. The molecule has 0 bridgehead atoms. The molecule has 14 heavy (non-hydrogen) atoms. The molecule has 0 saturated carbocycles. The Bertz CT molecular complexity index is 476. The fourth-order valence-electron chi connectivity index (χ4n) is 1.23. The molecule has 1 nitrogen and oxygen atoms in total. The van der Waals surface area contributed by atoms with Gasteiger partial charge in [0.15, 0.2) is 0 Å². The van der Waals surface area contributed by atoms with Crippen LogP contribution < -0.4 is 0 Å². The first kappa shape index (κ1) is 9.27. The van der Waals surface area contributed by atoms with Crippen molar-refractivity contribution >= 4 is 27.2 Å². The van der Waals surface area contributed by atoms with Crippen LogP contribution in [-0.4, -0.2) is 12.2 Å². The summed E-state index contributed by atoms with van der Waals surface area (Å²) in [4.78, 5) is 11.0. The first-order chi connectivity index (χ1) is 6.68. The summed E-state index contributed by atoms with van der Waals surface area (Å²) in [5, 5.41) is 2.84. The minimum atomic E-state index is -2.92. The molecule has 0 aliphatic carbocycles. The standard InChI is InChI=1S/C10H6F2OS/c11-10(12)9(13)7-2-1-6-3-4-14-8(6)5-7/h1-5,10H. The smallest absolute Gasteiger partial charge is 0.288 e. The Hall–Kier alpha value is -1.29. The summed E-state index contributed by atoms with van der Waals surface area (Å²) in [6, 6.07) is 6.51. The van der Waals surface area contributed by atoms with Gasteiger partial charge in [-0.15, -0.1) is 11.3 Å². The third-order valence-electron chi connectivity index (χ3n) is 1.94. The van der Waals surface area contributed by atoms with Gasteiger partial charge >= 0.3 is 6.43 Å². The van der Waals surface area contributed by atoms with E-state index in [-0.39, 0.29) is 5.56 Å². The molecule has 0 spiro atoms. The summed E-state index contributed by atoms with van der Waals surface area (Å²) >= 11 is 1.43. The van der Waals surface area contributed by atoms with E-state index in [0.717, 1.165) is 10.1 Å². The van der Waals surface area contributed by atoms with Crippen LogP contribution in [0.5, 0.6) is 0 Å². The lowest BCUT2D eigenvalue weighted by molar-refractivity contribution is 0.0679. The highest BCUT2D eigenvalue weighted by Crippen LogP contribution is 2.22. The van der Waals surface area contributed by atoms with Crippen LogP contribution in [0.15, 0.2) is 29.6 Å². The molecule has 1 heterocycles. The van der Waals surface area contributed by atoms with Crippen LogP contribution in [0.4, 0.5) is 8.78 Å². The summed E-state index contributed by atoms with van der Waals surface area (Å²) in [6.45, 7) is 0. The topological polar surface area (TPSA) is 17.1 Å². The fraction of sp³-hybridized carbons (Fsp3) is 0.100. The molecule has 1 aromatic carbocycles. The van der Waals surface area contributed by atoms with Crippen molar-refractivity contribution in [3.63, 3.8) is 0 Å². The Labute approximate surface area is 83.0 Å². The highest BCUT2D eigenvalue weighted by atomic mass is 32.1. The second-order valence-corrected chi connectivity index (χ2v) is 3.79. The Kier molecular flexibility index (Phi) is 2.29. The average Bonchev–Trinajstić information content (AvgIpc) is 2.62. The molecule has 4 heteroatoms. The molecule has 0 aliphatic heterocycles. The molecule has 0 saturated heterocycles. The third-order valence-corrected chi connectivity index (χ3v) is 2.82. The number of hydrogen-bond acceptors (Lipinski definition) is 2. The second-order valence-electron chi connectivity index (χ2n) is 2.84. The van der Waals surface area contributed by atoms with Gasteiger partial charge in [0.25, 0.3) is 0 Å². The van der Waals surface area contributed by atoms with Gasteiger partial charge in [0.2, 0.25) is 5.78 Å². The fourth-order valence-corrected chi connectivity index (χ4v) is 2.06. The van der Waals surface area contributed by atoms with Crippen molar-refractivity contribution in [2.45, 2.75) is 6.43 Å². The lowest BCUT2D eigenvalue weighted by Crippen LogP contribution is -2.09.